The van der Waals surface area contributed by atoms with Crippen molar-refractivity contribution < 1.29 is 14.1 Å². The van der Waals surface area contributed by atoms with Gasteiger partial charge in [-0.05, 0) is 17.7 Å². The maximum Gasteiger partial charge on any atom is 0.433 e. The van der Waals surface area contributed by atoms with Crippen LogP contribution in [0.2, 0.25) is 0 Å². The third-order valence-corrected chi connectivity index (χ3v) is 3.01. The number of carbonyl (C=O) groups excluding carboxylic acids is 1. The van der Waals surface area contributed by atoms with Gasteiger partial charge in [-0.3, -0.25) is 14.9 Å². The van der Waals surface area contributed by atoms with Crippen LogP contribution in [0.3, 0.4) is 0 Å². The highest BCUT2D eigenvalue weighted by molar-refractivity contribution is 9.08. The lowest BCUT2D eigenvalue weighted by Gasteiger charge is -2.07. The van der Waals surface area contributed by atoms with Crippen molar-refractivity contribution in [1.29, 1.82) is 0 Å². The number of halogens is 1. The molecule has 1 aromatic carbocycles. The van der Waals surface area contributed by atoms with Crippen LogP contribution in [-0.2, 0) is 5.33 Å². The molecule has 0 bridgehead atoms. The number of anilines is 1. The molecule has 98 valence electrons. The van der Waals surface area contributed by atoms with Crippen molar-refractivity contribution in [3.63, 3.8) is 0 Å². The molecular formula is C12H9BrN2O4. The molecule has 1 aromatic heterocycles. The number of alkyl halides is 1. The van der Waals surface area contributed by atoms with Crippen LogP contribution in [0.5, 0.6) is 0 Å². The predicted molar refractivity (Wildman–Crippen MR) is 72.4 cm³/mol. The topological polar surface area (TPSA) is 85.4 Å². The highest BCUT2D eigenvalue weighted by Crippen LogP contribution is 2.20. The summed E-state index contributed by atoms with van der Waals surface area (Å²) >= 11 is 3.31. The zero-order valence-corrected chi connectivity index (χ0v) is 11.2. The standard InChI is InChI=1S/C12H9BrN2O4/c13-7-8-3-1-2-4-9(8)14-12(16)10-5-6-11(19-10)15(17)18/h1-6H,7H2,(H,14,16). The molecule has 0 aliphatic heterocycles. The van der Waals surface area contributed by atoms with Crippen LogP contribution in [-0.4, -0.2) is 10.8 Å². The molecule has 0 radical (unpaired) electrons. The maximum atomic E-state index is 11.9. The maximum absolute atomic E-state index is 11.9. The Balaban J connectivity index is 2.18. The second-order valence-corrected chi connectivity index (χ2v) is 4.20. The molecule has 0 spiro atoms. The van der Waals surface area contributed by atoms with Gasteiger partial charge >= 0.3 is 5.88 Å². The highest BCUT2D eigenvalue weighted by Gasteiger charge is 2.17. The third kappa shape index (κ3) is 3.00. The van der Waals surface area contributed by atoms with Gasteiger partial charge < -0.3 is 9.73 Å². The van der Waals surface area contributed by atoms with E-state index in [0.717, 1.165) is 11.6 Å². The lowest BCUT2D eigenvalue weighted by molar-refractivity contribution is -0.402. The van der Waals surface area contributed by atoms with E-state index in [1.165, 1.54) is 6.07 Å². The van der Waals surface area contributed by atoms with Crippen LogP contribution >= 0.6 is 15.9 Å². The largest absolute Gasteiger partial charge is 0.433 e. The first-order valence-electron chi connectivity index (χ1n) is 5.31. The van der Waals surface area contributed by atoms with E-state index < -0.39 is 16.7 Å². The molecule has 0 aliphatic carbocycles. The number of carbonyl (C=O) groups is 1. The predicted octanol–water partition coefficient (Wildman–Crippen LogP) is 3.34. The Morgan fingerprint density at radius 2 is 2.05 bits per heavy atom. The molecule has 0 fully saturated rings. The average Bonchev–Trinajstić information content (AvgIpc) is 2.89. The Bertz CT molecular complexity index is 624. The van der Waals surface area contributed by atoms with Gasteiger partial charge in [-0.25, -0.2) is 0 Å². The van der Waals surface area contributed by atoms with Crippen LogP contribution in [0.15, 0.2) is 40.8 Å². The fourth-order valence-corrected chi connectivity index (χ4v) is 1.98. The summed E-state index contributed by atoms with van der Waals surface area (Å²) in [6, 6.07) is 9.65. The summed E-state index contributed by atoms with van der Waals surface area (Å²) in [5.74, 6) is -1.09. The van der Waals surface area contributed by atoms with Crippen molar-refractivity contribution in [2.45, 2.75) is 5.33 Å². The number of rotatable bonds is 4. The molecule has 1 heterocycles. The van der Waals surface area contributed by atoms with Crippen molar-refractivity contribution in [2.24, 2.45) is 0 Å². The van der Waals surface area contributed by atoms with E-state index in [9.17, 15) is 14.9 Å². The van der Waals surface area contributed by atoms with Crippen LogP contribution in [0, 0.1) is 10.1 Å². The first kappa shape index (κ1) is 13.3. The van der Waals surface area contributed by atoms with Gasteiger partial charge in [0.1, 0.15) is 4.92 Å². The van der Waals surface area contributed by atoms with E-state index in [-0.39, 0.29) is 5.76 Å². The minimum Gasteiger partial charge on any atom is -0.395 e. The molecule has 0 saturated heterocycles. The molecule has 1 amide bonds. The van der Waals surface area contributed by atoms with Gasteiger partial charge in [0.2, 0.25) is 0 Å². The van der Waals surface area contributed by atoms with Gasteiger partial charge in [-0.15, -0.1) is 0 Å². The van der Waals surface area contributed by atoms with Crippen molar-refractivity contribution in [1.82, 2.24) is 0 Å². The number of hydrogen-bond donors (Lipinski definition) is 1. The van der Waals surface area contributed by atoms with E-state index >= 15 is 0 Å². The van der Waals surface area contributed by atoms with Crippen LogP contribution in [0.25, 0.3) is 0 Å². The zero-order chi connectivity index (χ0) is 13.8. The molecule has 19 heavy (non-hydrogen) atoms. The van der Waals surface area contributed by atoms with Gasteiger partial charge in [-0.2, -0.15) is 0 Å². The lowest BCUT2D eigenvalue weighted by Crippen LogP contribution is -2.12. The molecule has 0 atom stereocenters. The number of furan rings is 1. The first-order valence-corrected chi connectivity index (χ1v) is 6.43. The lowest BCUT2D eigenvalue weighted by atomic mass is 10.2. The quantitative estimate of drug-likeness (QED) is 0.531. The summed E-state index contributed by atoms with van der Waals surface area (Å²) in [6.07, 6.45) is 0. The number of amides is 1. The number of benzene rings is 1. The van der Waals surface area contributed by atoms with Crippen LogP contribution in [0.4, 0.5) is 11.6 Å². The Labute approximate surface area is 116 Å². The van der Waals surface area contributed by atoms with Crippen molar-refractivity contribution >= 4 is 33.4 Å². The zero-order valence-electron chi connectivity index (χ0n) is 9.63. The third-order valence-electron chi connectivity index (χ3n) is 2.41. The summed E-state index contributed by atoms with van der Waals surface area (Å²) in [6.45, 7) is 0. The van der Waals surface area contributed by atoms with E-state index in [0.29, 0.717) is 11.0 Å². The van der Waals surface area contributed by atoms with Crippen LogP contribution < -0.4 is 5.32 Å². The Hall–Kier alpha value is -2.15. The molecule has 0 saturated carbocycles. The smallest absolute Gasteiger partial charge is 0.395 e. The number of hydrogen-bond acceptors (Lipinski definition) is 4. The Kier molecular flexibility index (Phi) is 3.96. The minimum absolute atomic E-state index is 0.101. The molecule has 7 heteroatoms. The summed E-state index contributed by atoms with van der Waals surface area (Å²) in [7, 11) is 0. The molecule has 2 rings (SSSR count). The minimum atomic E-state index is -0.691. The van der Waals surface area contributed by atoms with E-state index in [4.69, 9.17) is 4.42 Å². The molecule has 2 aromatic rings. The van der Waals surface area contributed by atoms with Gasteiger partial charge in [0.25, 0.3) is 5.91 Å². The van der Waals surface area contributed by atoms with Crippen molar-refractivity contribution in [2.75, 3.05) is 5.32 Å². The fraction of sp³-hybridized carbons (Fsp3) is 0.0833. The molecule has 0 unspecified atom stereocenters. The van der Waals surface area contributed by atoms with Gasteiger partial charge in [-0.1, -0.05) is 34.1 Å². The van der Waals surface area contributed by atoms with E-state index in [1.54, 1.807) is 12.1 Å². The SMILES string of the molecule is O=C(Nc1ccccc1CBr)c1ccc([N+](=O)[O-])o1. The number of nitrogens with zero attached hydrogens (tertiary/aromatic N) is 1. The molecule has 1 N–H and O–H groups in total. The summed E-state index contributed by atoms with van der Waals surface area (Å²) < 4.78 is 4.83. The summed E-state index contributed by atoms with van der Waals surface area (Å²) in [4.78, 5) is 21.7. The van der Waals surface area contributed by atoms with Gasteiger partial charge in [0.15, 0.2) is 5.76 Å². The highest BCUT2D eigenvalue weighted by atomic mass is 79.9. The fourth-order valence-electron chi connectivity index (χ4n) is 1.49. The van der Waals surface area contributed by atoms with Gasteiger partial charge in [0.05, 0.1) is 6.07 Å². The average molecular weight is 325 g/mol. The van der Waals surface area contributed by atoms with E-state index in [2.05, 4.69) is 21.2 Å². The van der Waals surface area contributed by atoms with Crippen molar-refractivity contribution in [3.8, 4) is 0 Å². The second kappa shape index (κ2) is 5.66. The van der Waals surface area contributed by atoms with Crippen molar-refractivity contribution in [3.05, 3.63) is 57.8 Å². The Morgan fingerprint density at radius 1 is 1.32 bits per heavy atom. The number of para-hydroxylation sites is 1. The molecule has 0 aliphatic rings. The van der Waals surface area contributed by atoms with Crippen LogP contribution in [0.1, 0.15) is 16.1 Å². The number of nitrogens with one attached hydrogen (secondary N) is 1. The molecular weight excluding hydrogens is 316 g/mol. The van der Waals surface area contributed by atoms with E-state index in [1.807, 2.05) is 12.1 Å². The normalized spacial score (nSPS) is 10.2. The molecule has 6 nitrogen and oxygen atoms in total. The Morgan fingerprint density at radius 3 is 2.68 bits per heavy atom. The number of nitro groups is 1. The first-order chi connectivity index (χ1) is 9.11. The summed E-state index contributed by atoms with van der Waals surface area (Å²) in [5.41, 5.74) is 1.53. The van der Waals surface area contributed by atoms with Gasteiger partial charge in [0, 0.05) is 11.0 Å². The second-order valence-electron chi connectivity index (χ2n) is 3.64. The monoisotopic (exact) mass is 324 g/mol. The summed E-state index contributed by atoms with van der Waals surface area (Å²) in [5, 5.41) is 13.7.